The summed E-state index contributed by atoms with van der Waals surface area (Å²) in [6, 6.07) is 8.29. The van der Waals surface area contributed by atoms with E-state index in [0.717, 1.165) is 17.9 Å². The van der Waals surface area contributed by atoms with Crippen molar-refractivity contribution >= 4 is 24.3 Å². The van der Waals surface area contributed by atoms with Crippen LogP contribution in [0.1, 0.15) is 26.3 Å². The first-order valence-electron chi connectivity index (χ1n) is 5.56. The first kappa shape index (κ1) is 13.1. The van der Waals surface area contributed by atoms with Gasteiger partial charge in [-0.15, -0.1) is 0 Å². The van der Waals surface area contributed by atoms with Crippen LogP contribution in [0.3, 0.4) is 0 Å². The molecule has 0 fully saturated rings. The van der Waals surface area contributed by atoms with Crippen LogP contribution in [0.5, 0.6) is 0 Å². The summed E-state index contributed by atoms with van der Waals surface area (Å²) in [5.41, 5.74) is 2.35. The smallest absolute Gasteiger partial charge is 0.111 e. The zero-order valence-corrected chi connectivity index (χ0v) is 11.3. The van der Waals surface area contributed by atoms with Crippen molar-refractivity contribution in [3.8, 4) is 0 Å². The minimum absolute atomic E-state index is 0.644. The van der Waals surface area contributed by atoms with Gasteiger partial charge in [-0.2, -0.15) is 0 Å². The Bertz CT molecular complexity index is 370. The van der Waals surface area contributed by atoms with Crippen LogP contribution in [0.2, 0.25) is 0 Å². The Balaban J connectivity index is 2.99. The third-order valence-electron chi connectivity index (χ3n) is 2.37. The summed E-state index contributed by atoms with van der Waals surface area (Å²) < 4.78 is 1.73. The second-order valence-corrected chi connectivity index (χ2v) is 5.01. The molecule has 0 spiro atoms. The fraction of sp³-hybridized carbons (Fsp3) is 0.462. The van der Waals surface area contributed by atoms with Gasteiger partial charge in [-0.3, -0.25) is 0 Å². The summed E-state index contributed by atoms with van der Waals surface area (Å²) in [7, 11) is 1.88. The summed E-state index contributed by atoms with van der Waals surface area (Å²) in [6.45, 7) is 6.40. The van der Waals surface area contributed by atoms with E-state index in [1.165, 1.54) is 5.56 Å². The molecule has 16 heavy (non-hydrogen) atoms. The lowest BCUT2D eigenvalue weighted by atomic mass is 10.0. The Morgan fingerprint density at radius 1 is 1.38 bits per heavy atom. The normalized spacial score (nSPS) is 12.0. The van der Waals surface area contributed by atoms with E-state index in [0.29, 0.717) is 5.92 Å². The molecule has 0 aromatic heterocycles. The molecule has 3 heteroatoms. The predicted octanol–water partition coefficient (Wildman–Crippen LogP) is 3.71. The van der Waals surface area contributed by atoms with Gasteiger partial charge in [-0.25, -0.2) is 4.99 Å². The van der Waals surface area contributed by atoms with E-state index < -0.39 is 0 Å². The highest BCUT2D eigenvalue weighted by Crippen LogP contribution is 2.22. The van der Waals surface area contributed by atoms with E-state index in [1.54, 1.807) is 4.31 Å². The van der Waals surface area contributed by atoms with Crippen molar-refractivity contribution in [1.82, 2.24) is 4.31 Å². The topological polar surface area (TPSA) is 15.6 Å². The number of amidine groups is 1. The lowest BCUT2D eigenvalue weighted by molar-refractivity contribution is 0.647. The minimum Gasteiger partial charge on any atom is -0.310 e. The van der Waals surface area contributed by atoms with Crippen LogP contribution in [0.15, 0.2) is 29.3 Å². The van der Waals surface area contributed by atoms with Crippen LogP contribution < -0.4 is 0 Å². The number of rotatable bonds is 3. The molecule has 0 saturated heterocycles. The molecule has 0 amide bonds. The van der Waals surface area contributed by atoms with Crippen LogP contribution in [-0.2, 0) is 6.42 Å². The lowest BCUT2D eigenvalue weighted by Crippen LogP contribution is -2.11. The van der Waals surface area contributed by atoms with Gasteiger partial charge in [0, 0.05) is 7.05 Å². The molecule has 0 N–H and O–H groups in total. The monoisotopic (exact) mass is 236 g/mol. The van der Waals surface area contributed by atoms with Gasteiger partial charge in [0.2, 0.25) is 0 Å². The average Bonchev–Trinajstić information content (AvgIpc) is 2.20. The molecule has 0 radical (unpaired) electrons. The number of hydrogen-bond acceptors (Lipinski definition) is 2. The number of nitrogens with zero attached hydrogens (tertiary/aromatic N) is 2. The molecule has 1 rings (SSSR count). The van der Waals surface area contributed by atoms with E-state index in [-0.39, 0.29) is 0 Å². The largest absolute Gasteiger partial charge is 0.310 e. The second-order valence-electron chi connectivity index (χ2n) is 4.41. The Morgan fingerprint density at radius 3 is 2.56 bits per heavy atom. The van der Waals surface area contributed by atoms with Crippen LogP contribution in [0.4, 0.5) is 5.69 Å². The minimum atomic E-state index is 0.644. The van der Waals surface area contributed by atoms with Crippen molar-refractivity contribution in [2.75, 3.05) is 7.05 Å². The molecule has 0 saturated carbocycles. The zero-order chi connectivity index (χ0) is 12.1. The van der Waals surface area contributed by atoms with Crippen molar-refractivity contribution < 1.29 is 0 Å². The van der Waals surface area contributed by atoms with Crippen molar-refractivity contribution in [3.05, 3.63) is 29.8 Å². The van der Waals surface area contributed by atoms with Gasteiger partial charge in [0.1, 0.15) is 5.84 Å². The van der Waals surface area contributed by atoms with Crippen molar-refractivity contribution in [1.29, 1.82) is 0 Å². The third-order valence-corrected chi connectivity index (χ3v) is 2.66. The molecule has 88 valence electrons. The highest BCUT2D eigenvalue weighted by molar-refractivity contribution is 7.78. The summed E-state index contributed by atoms with van der Waals surface area (Å²) in [5.74, 6) is 1.55. The maximum atomic E-state index is 4.58. The van der Waals surface area contributed by atoms with Crippen molar-refractivity contribution in [2.24, 2.45) is 10.9 Å². The second kappa shape index (κ2) is 5.94. The zero-order valence-electron chi connectivity index (χ0n) is 10.4. The number of aliphatic imine (C=N–C) groups is 1. The van der Waals surface area contributed by atoms with Gasteiger partial charge in [0.05, 0.1) is 5.69 Å². The molecule has 0 aliphatic heterocycles. The van der Waals surface area contributed by atoms with Gasteiger partial charge in [-0.05, 0) is 30.9 Å². The highest BCUT2D eigenvalue weighted by Gasteiger charge is 2.04. The molecular formula is C13H20N2S. The van der Waals surface area contributed by atoms with E-state index in [1.807, 2.05) is 20.0 Å². The first-order valence-corrected chi connectivity index (χ1v) is 5.96. The van der Waals surface area contributed by atoms with Gasteiger partial charge in [0.25, 0.3) is 0 Å². The van der Waals surface area contributed by atoms with Crippen molar-refractivity contribution in [2.45, 2.75) is 27.2 Å². The molecule has 0 atom stereocenters. The lowest BCUT2D eigenvalue weighted by Gasteiger charge is -2.12. The highest BCUT2D eigenvalue weighted by atomic mass is 32.1. The average molecular weight is 236 g/mol. The van der Waals surface area contributed by atoms with E-state index in [2.05, 4.69) is 49.9 Å². The molecule has 0 aliphatic carbocycles. The van der Waals surface area contributed by atoms with Crippen LogP contribution in [0.25, 0.3) is 0 Å². The summed E-state index contributed by atoms with van der Waals surface area (Å²) in [6.07, 6.45) is 1.06. The summed E-state index contributed by atoms with van der Waals surface area (Å²) in [4.78, 5) is 4.58. The standard InChI is InChI=1S/C13H20N2S/c1-10(2)9-12-7-5-6-8-13(12)14-11(3)15(4)16/h5-8,10,16H,9H2,1-4H3. The Hall–Kier alpha value is -0.960. The van der Waals surface area contributed by atoms with E-state index in [9.17, 15) is 0 Å². The number of hydrogen-bond donors (Lipinski definition) is 1. The summed E-state index contributed by atoms with van der Waals surface area (Å²) in [5, 5.41) is 0. The van der Waals surface area contributed by atoms with Gasteiger partial charge < -0.3 is 4.31 Å². The predicted molar refractivity (Wildman–Crippen MR) is 74.5 cm³/mol. The number of thiol groups is 1. The quantitative estimate of drug-likeness (QED) is 0.480. The molecule has 1 aromatic carbocycles. The maximum Gasteiger partial charge on any atom is 0.111 e. The van der Waals surface area contributed by atoms with E-state index >= 15 is 0 Å². The van der Waals surface area contributed by atoms with Gasteiger partial charge >= 0.3 is 0 Å². The fourth-order valence-corrected chi connectivity index (χ4v) is 1.52. The molecule has 0 unspecified atom stereocenters. The number of benzene rings is 1. The van der Waals surface area contributed by atoms with Crippen LogP contribution in [0, 0.1) is 5.92 Å². The maximum absolute atomic E-state index is 4.58. The molecule has 0 heterocycles. The molecule has 0 bridgehead atoms. The van der Waals surface area contributed by atoms with Gasteiger partial charge in [-0.1, -0.05) is 44.9 Å². The molecular weight excluding hydrogens is 216 g/mol. The third kappa shape index (κ3) is 3.89. The number of para-hydroxylation sites is 1. The SMILES string of the molecule is CC(=Nc1ccccc1CC(C)C)N(C)S. The molecule has 1 aromatic rings. The van der Waals surface area contributed by atoms with Crippen LogP contribution in [-0.4, -0.2) is 17.2 Å². The molecule has 0 aliphatic rings. The Morgan fingerprint density at radius 2 is 2.00 bits per heavy atom. The van der Waals surface area contributed by atoms with Crippen molar-refractivity contribution in [3.63, 3.8) is 0 Å². The first-order chi connectivity index (χ1) is 7.50. The molecule has 2 nitrogen and oxygen atoms in total. The summed E-state index contributed by atoms with van der Waals surface area (Å²) >= 11 is 4.23. The Kier molecular flexibility index (Phi) is 4.87. The van der Waals surface area contributed by atoms with Gasteiger partial charge in [0.15, 0.2) is 0 Å². The van der Waals surface area contributed by atoms with Crippen LogP contribution >= 0.6 is 12.8 Å². The van der Waals surface area contributed by atoms with E-state index in [4.69, 9.17) is 0 Å². The Labute approximate surface area is 104 Å². The fourth-order valence-electron chi connectivity index (χ4n) is 1.48.